The molecule has 1 atom stereocenters. The predicted molar refractivity (Wildman–Crippen MR) is 84.2 cm³/mol. The van der Waals surface area contributed by atoms with Gasteiger partial charge < -0.3 is 5.73 Å². The zero-order chi connectivity index (χ0) is 14.3. The third-order valence-electron chi connectivity index (χ3n) is 3.46. The van der Waals surface area contributed by atoms with Crippen LogP contribution in [0.4, 0.5) is 0 Å². The Bertz CT molecular complexity index is 570. The molecule has 1 unspecified atom stereocenters. The summed E-state index contributed by atoms with van der Waals surface area (Å²) in [5.74, 6) is 0.272. The summed E-state index contributed by atoms with van der Waals surface area (Å²) in [6.07, 6.45) is 1.96. The molecule has 1 fully saturated rings. The van der Waals surface area contributed by atoms with Gasteiger partial charge in [0.25, 0.3) is 0 Å². The van der Waals surface area contributed by atoms with Crippen LogP contribution in [-0.2, 0) is 10.0 Å². The van der Waals surface area contributed by atoms with Crippen molar-refractivity contribution in [2.45, 2.75) is 30.2 Å². The van der Waals surface area contributed by atoms with Gasteiger partial charge in [-0.2, -0.15) is 0 Å². The van der Waals surface area contributed by atoms with Crippen molar-refractivity contribution in [2.75, 3.05) is 6.54 Å². The van der Waals surface area contributed by atoms with Gasteiger partial charge in [0.2, 0.25) is 10.0 Å². The van der Waals surface area contributed by atoms with Crippen molar-refractivity contribution < 1.29 is 8.42 Å². The molecule has 1 aromatic rings. The highest BCUT2D eigenvalue weighted by atomic mass is 35.5. The first-order valence-electron chi connectivity index (χ1n) is 5.98. The Morgan fingerprint density at radius 1 is 1.35 bits per heavy atom. The molecule has 4 nitrogen and oxygen atoms in total. The molecule has 1 aromatic carbocycles. The Balaban J connectivity index is 0.00000200. The van der Waals surface area contributed by atoms with Crippen LogP contribution in [0.25, 0.3) is 0 Å². The predicted octanol–water partition coefficient (Wildman–Crippen LogP) is 2.82. The molecule has 0 saturated heterocycles. The lowest BCUT2D eigenvalue weighted by atomic mass is 9.98. The Morgan fingerprint density at radius 2 is 1.85 bits per heavy atom. The van der Waals surface area contributed by atoms with E-state index < -0.39 is 15.6 Å². The summed E-state index contributed by atoms with van der Waals surface area (Å²) in [6.45, 7) is 2.05. The molecule has 0 bridgehead atoms. The maximum atomic E-state index is 12.4. The Morgan fingerprint density at radius 3 is 2.25 bits per heavy atom. The molecule has 0 amide bonds. The summed E-state index contributed by atoms with van der Waals surface area (Å²) < 4.78 is 27.5. The number of nitrogens with two attached hydrogens (primary N) is 1. The number of hydrogen-bond donors (Lipinski definition) is 2. The molecule has 20 heavy (non-hydrogen) atoms. The number of nitrogens with one attached hydrogen (secondary N) is 1. The molecular formula is C12H17Cl3N2O2S. The first-order chi connectivity index (χ1) is 8.80. The lowest BCUT2D eigenvalue weighted by molar-refractivity contribution is 0.374. The Labute approximate surface area is 135 Å². The van der Waals surface area contributed by atoms with Gasteiger partial charge in [-0.25, -0.2) is 13.1 Å². The monoisotopic (exact) mass is 358 g/mol. The number of hydrogen-bond acceptors (Lipinski definition) is 3. The summed E-state index contributed by atoms with van der Waals surface area (Å²) in [5.41, 5.74) is 5.06. The van der Waals surface area contributed by atoms with Crippen molar-refractivity contribution in [2.24, 2.45) is 11.7 Å². The fraction of sp³-hybridized carbons (Fsp3) is 0.500. The largest absolute Gasteiger partial charge is 0.329 e. The van der Waals surface area contributed by atoms with E-state index in [0.29, 0.717) is 0 Å². The van der Waals surface area contributed by atoms with Crippen molar-refractivity contribution in [3.8, 4) is 0 Å². The summed E-state index contributed by atoms with van der Waals surface area (Å²) in [6, 6.07) is 4.60. The summed E-state index contributed by atoms with van der Waals surface area (Å²) in [4.78, 5) is -0.0846. The minimum atomic E-state index is -3.79. The lowest BCUT2D eigenvalue weighted by Gasteiger charge is -2.29. The second-order valence-corrected chi connectivity index (χ2v) is 7.49. The molecule has 0 aromatic heterocycles. The van der Waals surface area contributed by atoms with Gasteiger partial charge in [0.15, 0.2) is 0 Å². The van der Waals surface area contributed by atoms with E-state index in [9.17, 15) is 8.42 Å². The van der Waals surface area contributed by atoms with Crippen molar-refractivity contribution in [3.63, 3.8) is 0 Å². The highest BCUT2D eigenvalue weighted by Gasteiger charge is 2.43. The maximum absolute atomic E-state index is 12.4. The van der Waals surface area contributed by atoms with E-state index in [4.69, 9.17) is 28.9 Å². The molecule has 1 aliphatic carbocycles. The number of halogens is 3. The number of sulfonamides is 1. The highest BCUT2D eigenvalue weighted by Crippen LogP contribution is 2.40. The molecule has 3 N–H and O–H groups in total. The van der Waals surface area contributed by atoms with E-state index in [-0.39, 0.29) is 39.8 Å². The van der Waals surface area contributed by atoms with Crippen molar-refractivity contribution in [1.29, 1.82) is 0 Å². The molecule has 2 rings (SSSR count). The van der Waals surface area contributed by atoms with Gasteiger partial charge in [-0.05, 0) is 37.8 Å². The Kier molecular flexibility index (Phi) is 5.75. The van der Waals surface area contributed by atoms with Crippen molar-refractivity contribution in [1.82, 2.24) is 4.72 Å². The lowest BCUT2D eigenvalue weighted by Crippen LogP contribution is -2.53. The van der Waals surface area contributed by atoms with E-state index in [2.05, 4.69) is 4.72 Å². The molecule has 0 heterocycles. The van der Waals surface area contributed by atoms with Gasteiger partial charge >= 0.3 is 0 Å². The van der Waals surface area contributed by atoms with E-state index in [0.717, 1.165) is 12.8 Å². The molecule has 114 valence electrons. The summed E-state index contributed by atoms with van der Waals surface area (Å²) in [7, 11) is -3.79. The second kappa shape index (κ2) is 6.38. The van der Waals surface area contributed by atoms with Gasteiger partial charge in [-0.1, -0.05) is 29.3 Å². The van der Waals surface area contributed by atoms with Crippen LogP contribution in [0.2, 0.25) is 10.0 Å². The molecular weight excluding hydrogens is 343 g/mol. The second-order valence-electron chi connectivity index (χ2n) is 5.05. The van der Waals surface area contributed by atoms with E-state index in [1.165, 1.54) is 12.1 Å². The van der Waals surface area contributed by atoms with Crippen molar-refractivity contribution in [3.05, 3.63) is 28.2 Å². The van der Waals surface area contributed by atoms with Crippen LogP contribution in [0.1, 0.15) is 19.8 Å². The smallest absolute Gasteiger partial charge is 0.244 e. The third-order valence-corrected chi connectivity index (χ3v) is 6.02. The van der Waals surface area contributed by atoms with Gasteiger partial charge in [0, 0.05) is 12.1 Å². The minimum absolute atomic E-state index is 0. The summed E-state index contributed by atoms with van der Waals surface area (Å²) in [5, 5.41) is 0.213. The standard InChI is InChI=1S/C12H16Cl2N2O2S.ClH/c1-12(7-15,8-5-6-8)16-19(17,18)11-9(13)3-2-4-10(11)14;/h2-4,8,16H,5-7,15H2,1H3;1H. The highest BCUT2D eigenvalue weighted by molar-refractivity contribution is 7.89. The van der Waals surface area contributed by atoms with Gasteiger partial charge in [0.05, 0.1) is 10.0 Å². The van der Waals surface area contributed by atoms with Crippen LogP contribution in [0.5, 0.6) is 0 Å². The van der Waals surface area contributed by atoms with E-state index in [1.54, 1.807) is 6.07 Å². The molecule has 0 aliphatic heterocycles. The van der Waals surface area contributed by atoms with Gasteiger partial charge in [-0.3, -0.25) is 0 Å². The van der Waals surface area contributed by atoms with Crippen molar-refractivity contribution >= 4 is 45.6 Å². The number of rotatable bonds is 5. The zero-order valence-electron chi connectivity index (χ0n) is 10.9. The van der Waals surface area contributed by atoms with Crippen LogP contribution < -0.4 is 10.5 Å². The molecule has 8 heteroatoms. The quantitative estimate of drug-likeness (QED) is 0.849. The van der Waals surface area contributed by atoms with E-state index >= 15 is 0 Å². The van der Waals surface area contributed by atoms with Gasteiger partial charge in [0.1, 0.15) is 4.90 Å². The molecule has 1 saturated carbocycles. The SMILES string of the molecule is CC(CN)(NS(=O)(=O)c1c(Cl)cccc1Cl)C1CC1.Cl. The fourth-order valence-corrected chi connectivity index (χ4v) is 4.73. The molecule has 1 aliphatic rings. The first kappa shape index (κ1) is 18.0. The fourth-order valence-electron chi connectivity index (χ4n) is 2.11. The molecule has 0 radical (unpaired) electrons. The van der Waals surface area contributed by atoms with Gasteiger partial charge in [-0.15, -0.1) is 12.4 Å². The van der Waals surface area contributed by atoms with Crippen LogP contribution in [-0.4, -0.2) is 20.5 Å². The first-order valence-corrected chi connectivity index (χ1v) is 8.22. The zero-order valence-corrected chi connectivity index (χ0v) is 14.0. The van der Waals surface area contributed by atoms with Crippen LogP contribution >= 0.6 is 35.6 Å². The maximum Gasteiger partial charge on any atom is 0.244 e. The number of benzene rings is 1. The Hall–Kier alpha value is -0.0400. The van der Waals surface area contributed by atoms with Crippen LogP contribution in [0.3, 0.4) is 0 Å². The average molecular weight is 360 g/mol. The minimum Gasteiger partial charge on any atom is -0.329 e. The van der Waals surface area contributed by atoms with Crippen LogP contribution in [0, 0.1) is 5.92 Å². The normalized spacial score (nSPS) is 18.2. The van der Waals surface area contributed by atoms with Crippen LogP contribution in [0.15, 0.2) is 23.1 Å². The third kappa shape index (κ3) is 3.59. The molecule has 0 spiro atoms. The summed E-state index contributed by atoms with van der Waals surface area (Å²) >= 11 is 11.9. The average Bonchev–Trinajstić information content (AvgIpc) is 3.11. The topological polar surface area (TPSA) is 72.2 Å². The van der Waals surface area contributed by atoms with E-state index in [1.807, 2.05) is 6.92 Å².